The molecule has 0 aromatic rings. The van der Waals surface area contributed by atoms with Crippen LogP contribution in [0.1, 0.15) is 58.8 Å². The van der Waals surface area contributed by atoms with Crippen LogP contribution >= 0.6 is 0 Å². The van der Waals surface area contributed by atoms with Gasteiger partial charge in [0.2, 0.25) is 0 Å². The van der Waals surface area contributed by atoms with Crippen LogP contribution in [0.25, 0.3) is 0 Å². The third kappa shape index (κ3) is 3.80. The summed E-state index contributed by atoms with van der Waals surface area (Å²) in [6, 6.07) is 0. The highest BCUT2D eigenvalue weighted by Gasteiger charge is 2.28. The quantitative estimate of drug-likeness (QED) is 0.751. The average molecular weight is 237 g/mol. The highest BCUT2D eigenvalue weighted by molar-refractivity contribution is 5.83. The topological polar surface area (TPSA) is 20.3 Å². The molecule has 0 unspecified atom stereocenters. The van der Waals surface area contributed by atoms with E-state index < -0.39 is 0 Å². The lowest BCUT2D eigenvalue weighted by Gasteiger charge is -2.37. The molecule has 1 saturated carbocycles. The van der Waals surface area contributed by atoms with Crippen LogP contribution in [0.5, 0.6) is 0 Å². The van der Waals surface area contributed by atoms with E-state index in [1.54, 1.807) is 0 Å². The molecular weight excluding hydrogens is 210 g/mol. The molecule has 2 nitrogen and oxygen atoms in total. The van der Waals surface area contributed by atoms with Gasteiger partial charge in [-0.1, -0.05) is 33.1 Å². The van der Waals surface area contributed by atoms with E-state index in [2.05, 4.69) is 18.7 Å². The van der Waals surface area contributed by atoms with Crippen molar-refractivity contribution < 1.29 is 4.79 Å². The van der Waals surface area contributed by atoms with Crippen molar-refractivity contribution in [2.45, 2.75) is 58.8 Å². The van der Waals surface area contributed by atoms with Gasteiger partial charge in [0.1, 0.15) is 5.78 Å². The lowest BCUT2D eigenvalue weighted by Crippen LogP contribution is -2.41. The SMILES string of the molecule is CC1(C)CCN(CC(=O)C2CCCCC2)CC1. The van der Waals surface area contributed by atoms with E-state index in [9.17, 15) is 4.79 Å². The maximum atomic E-state index is 12.2. The number of hydrogen-bond donors (Lipinski definition) is 0. The highest BCUT2D eigenvalue weighted by Crippen LogP contribution is 2.30. The number of nitrogens with zero attached hydrogens (tertiary/aromatic N) is 1. The Labute approximate surface area is 106 Å². The number of likely N-dealkylation sites (tertiary alicyclic amines) is 1. The number of ketones is 1. The van der Waals surface area contributed by atoms with Gasteiger partial charge in [0.05, 0.1) is 6.54 Å². The number of Topliss-reactive ketones (excluding diaryl/α,β-unsaturated/α-hetero) is 1. The van der Waals surface area contributed by atoms with E-state index in [0.717, 1.165) is 32.5 Å². The first-order valence-corrected chi connectivity index (χ1v) is 7.32. The fourth-order valence-electron chi connectivity index (χ4n) is 3.09. The first kappa shape index (κ1) is 13.1. The molecular formula is C15H27NO. The van der Waals surface area contributed by atoms with Crippen molar-refractivity contribution in [3.8, 4) is 0 Å². The van der Waals surface area contributed by atoms with E-state index in [-0.39, 0.29) is 0 Å². The van der Waals surface area contributed by atoms with E-state index in [0.29, 0.717) is 17.1 Å². The Kier molecular flexibility index (Phi) is 4.24. The summed E-state index contributed by atoms with van der Waals surface area (Å²) in [5, 5.41) is 0. The van der Waals surface area contributed by atoms with Gasteiger partial charge in [-0.05, 0) is 44.2 Å². The van der Waals surface area contributed by atoms with Crippen LogP contribution in [0.2, 0.25) is 0 Å². The molecule has 0 aromatic carbocycles. The molecule has 0 bridgehead atoms. The zero-order valence-electron chi connectivity index (χ0n) is 11.5. The third-order valence-electron chi connectivity index (χ3n) is 4.65. The molecule has 0 aromatic heterocycles. The van der Waals surface area contributed by atoms with Crippen molar-refractivity contribution in [1.82, 2.24) is 4.90 Å². The second-order valence-corrected chi connectivity index (χ2v) is 6.74. The first-order chi connectivity index (χ1) is 8.07. The van der Waals surface area contributed by atoms with Crippen molar-refractivity contribution in [3.05, 3.63) is 0 Å². The summed E-state index contributed by atoms with van der Waals surface area (Å²) in [6.45, 7) is 7.64. The van der Waals surface area contributed by atoms with Crippen LogP contribution in [0.15, 0.2) is 0 Å². The second-order valence-electron chi connectivity index (χ2n) is 6.74. The Morgan fingerprint density at radius 2 is 1.71 bits per heavy atom. The smallest absolute Gasteiger partial charge is 0.149 e. The molecule has 0 N–H and O–H groups in total. The number of rotatable bonds is 3. The van der Waals surface area contributed by atoms with Gasteiger partial charge in [-0.25, -0.2) is 0 Å². The molecule has 1 saturated heterocycles. The molecule has 2 rings (SSSR count). The highest BCUT2D eigenvalue weighted by atomic mass is 16.1. The molecule has 0 amide bonds. The Hall–Kier alpha value is -0.370. The summed E-state index contributed by atoms with van der Waals surface area (Å²) in [7, 11) is 0. The fraction of sp³-hybridized carbons (Fsp3) is 0.933. The van der Waals surface area contributed by atoms with Gasteiger partial charge in [0.15, 0.2) is 0 Å². The van der Waals surface area contributed by atoms with Crippen molar-refractivity contribution in [2.24, 2.45) is 11.3 Å². The first-order valence-electron chi connectivity index (χ1n) is 7.32. The van der Waals surface area contributed by atoms with Gasteiger partial charge in [-0.15, -0.1) is 0 Å². The molecule has 2 fully saturated rings. The Morgan fingerprint density at radius 1 is 1.12 bits per heavy atom. The summed E-state index contributed by atoms with van der Waals surface area (Å²) >= 11 is 0. The molecule has 0 radical (unpaired) electrons. The van der Waals surface area contributed by atoms with Crippen molar-refractivity contribution in [2.75, 3.05) is 19.6 Å². The standard InChI is InChI=1S/C15H27NO/c1-15(2)8-10-16(11-9-15)12-14(17)13-6-4-3-5-7-13/h13H,3-12H2,1-2H3. The second kappa shape index (κ2) is 5.51. The molecule has 2 heteroatoms. The largest absolute Gasteiger partial charge is 0.298 e. The van der Waals surface area contributed by atoms with E-state index in [4.69, 9.17) is 0 Å². The summed E-state index contributed by atoms with van der Waals surface area (Å²) in [6.07, 6.45) is 8.65. The van der Waals surface area contributed by atoms with Crippen molar-refractivity contribution >= 4 is 5.78 Å². The zero-order chi connectivity index (χ0) is 12.3. The lowest BCUT2D eigenvalue weighted by molar-refractivity contribution is -0.125. The van der Waals surface area contributed by atoms with E-state index in [1.807, 2.05) is 0 Å². The predicted octanol–water partition coefficient (Wildman–Crippen LogP) is 3.26. The summed E-state index contributed by atoms with van der Waals surface area (Å²) in [4.78, 5) is 14.6. The van der Waals surface area contributed by atoms with Crippen LogP contribution in [-0.2, 0) is 4.79 Å². The molecule has 0 atom stereocenters. The monoisotopic (exact) mass is 237 g/mol. The van der Waals surface area contributed by atoms with Crippen molar-refractivity contribution in [3.63, 3.8) is 0 Å². The summed E-state index contributed by atoms with van der Waals surface area (Å²) < 4.78 is 0. The molecule has 1 heterocycles. The van der Waals surface area contributed by atoms with Gasteiger partial charge in [0, 0.05) is 5.92 Å². The fourth-order valence-corrected chi connectivity index (χ4v) is 3.09. The van der Waals surface area contributed by atoms with Gasteiger partial charge >= 0.3 is 0 Å². The van der Waals surface area contributed by atoms with Gasteiger partial charge in [0.25, 0.3) is 0 Å². The molecule has 0 spiro atoms. The number of carbonyl (C=O) groups excluding carboxylic acids is 1. The molecule has 17 heavy (non-hydrogen) atoms. The van der Waals surface area contributed by atoms with Crippen LogP contribution in [0, 0.1) is 11.3 Å². The maximum absolute atomic E-state index is 12.2. The summed E-state index contributed by atoms with van der Waals surface area (Å²) in [5.74, 6) is 0.906. The maximum Gasteiger partial charge on any atom is 0.149 e. The molecule has 98 valence electrons. The number of carbonyl (C=O) groups is 1. The minimum atomic E-state index is 0.388. The summed E-state index contributed by atoms with van der Waals surface area (Å²) in [5.41, 5.74) is 0.490. The normalized spacial score (nSPS) is 26.9. The van der Waals surface area contributed by atoms with Crippen LogP contribution in [-0.4, -0.2) is 30.3 Å². The van der Waals surface area contributed by atoms with E-state index >= 15 is 0 Å². The predicted molar refractivity (Wildman–Crippen MR) is 71.0 cm³/mol. The third-order valence-corrected chi connectivity index (χ3v) is 4.65. The molecule has 2 aliphatic rings. The van der Waals surface area contributed by atoms with Gasteiger partial charge < -0.3 is 0 Å². The average Bonchev–Trinajstić information content (AvgIpc) is 2.33. The van der Waals surface area contributed by atoms with Crippen LogP contribution < -0.4 is 0 Å². The van der Waals surface area contributed by atoms with Crippen molar-refractivity contribution in [1.29, 1.82) is 0 Å². The van der Waals surface area contributed by atoms with Gasteiger partial charge in [-0.3, -0.25) is 9.69 Å². The zero-order valence-corrected chi connectivity index (χ0v) is 11.5. The number of piperidine rings is 1. The Morgan fingerprint density at radius 3 is 2.29 bits per heavy atom. The number of hydrogen-bond acceptors (Lipinski definition) is 2. The molecule has 1 aliphatic carbocycles. The van der Waals surface area contributed by atoms with Crippen LogP contribution in [0.4, 0.5) is 0 Å². The lowest BCUT2D eigenvalue weighted by atomic mass is 9.82. The van der Waals surface area contributed by atoms with Gasteiger partial charge in [-0.2, -0.15) is 0 Å². The minimum Gasteiger partial charge on any atom is -0.298 e. The Balaban J connectivity index is 1.75. The van der Waals surface area contributed by atoms with E-state index in [1.165, 1.54) is 32.1 Å². The minimum absolute atomic E-state index is 0.388. The molecule has 1 aliphatic heterocycles. The Bertz CT molecular complexity index is 256. The van der Waals surface area contributed by atoms with Crippen LogP contribution in [0.3, 0.4) is 0 Å².